The lowest BCUT2D eigenvalue weighted by molar-refractivity contribution is 0.254. The second kappa shape index (κ2) is 5.54. The summed E-state index contributed by atoms with van der Waals surface area (Å²) in [6.07, 6.45) is 0. The average molecular weight is 345 g/mol. The first-order chi connectivity index (χ1) is 9.88. The second-order valence-electron chi connectivity index (χ2n) is 6.47. The number of hydrogen-bond donors (Lipinski definition) is 1. The summed E-state index contributed by atoms with van der Waals surface area (Å²) >= 11 is 13.8. The van der Waals surface area contributed by atoms with E-state index in [1.807, 2.05) is 0 Å². The molecule has 1 N–H and O–H groups in total. The fraction of sp³-hybridized carbons (Fsp3) is 0.571. The van der Waals surface area contributed by atoms with Crippen molar-refractivity contribution in [2.75, 3.05) is 24.5 Å². The summed E-state index contributed by atoms with van der Waals surface area (Å²) in [5.74, 6) is 0. The van der Waals surface area contributed by atoms with E-state index in [2.05, 4.69) is 39.7 Å². The summed E-state index contributed by atoms with van der Waals surface area (Å²) in [6, 6.07) is 2.18. The first-order valence-corrected chi connectivity index (χ1v) is 8.45. The number of nitrogens with one attached hydrogen (secondary N) is 1. The van der Waals surface area contributed by atoms with Crippen LogP contribution in [0.2, 0.25) is 10.0 Å². The molecule has 114 valence electrons. The van der Waals surface area contributed by atoms with Gasteiger partial charge in [-0.2, -0.15) is 8.75 Å². The monoisotopic (exact) mass is 344 g/mol. The van der Waals surface area contributed by atoms with Gasteiger partial charge in [-0.3, -0.25) is 0 Å². The molecule has 0 bridgehead atoms. The van der Waals surface area contributed by atoms with Gasteiger partial charge in [-0.05, 0) is 11.5 Å². The number of aromatic nitrogens is 2. The van der Waals surface area contributed by atoms with Crippen molar-refractivity contribution in [3.05, 3.63) is 16.1 Å². The summed E-state index contributed by atoms with van der Waals surface area (Å²) in [4.78, 5) is 2.30. The Labute approximate surface area is 138 Å². The van der Waals surface area contributed by atoms with Gasteiger partial charge in [0.15, 0.2) is 0 Å². The molecule has 1 aromatic carbocycles. The number of halogens is 2. The molecule has 0 radical (unpaired) electrons. The third-order valence-electron chi connectivity index (χ3n) is 3.96. The number of piperazine rings is 1. The summed E-state index contributed by atoms with van der Waals surface area (Å²) < 4.78 is 8.68. The van der Waals surface area contributed by atoms with Crippen molar-refractivity contribution in [2.24, 2.45) is 5.41 Å². The molecule has 1 aromatic heterocycles. The van der Waals surface area contributed by atoms with Crippen molar-refractivity contribution in [1.82, 2.24) is 14.1 Å². The number of rotatable bonds is 1. The zero-order valence-electron chi connectivity index (χ0n) is 12.3. The van der Waals surface area contributed by atoms with Gasteiger partial charge in [0, 0.05) is 25.7 Å². The highest BCUT2D eigenvalue weighted by atomic mass is 35.5. The Kier molecular flexibility index (Phi) is 4.03. The Morgan fingerprint density at radius 1 is 1.24 bits per heavy atom. The third-order valence-corrected chi connectivity index (χ3v) is 5.06. The summed E-state index contributed by atoms with van der Waals surface area (Å²) in [6.45, 7) is 9.48. The van der Waals surface area contributed by atoms with E-state index in [1.54, 1.807) is 6.07 Å². The van der Waals surface area contributed by atoms with Crippen molar-refractivity contribution < 1.29 is 0 Å². The van der Waals surface area contributed by atoms with Gasteiger partial charge in [0.1, 0.15) is 11.0 Å². The summed E-state index contributed by atoms with van der Waals surface area (Å²) in [5, 5.41) is 4.80. The van der Waals surface area contributed by atoms with Crippen molar-refractivity contribution in [1.29, 1.82) is 0 Å². The van der Waals surface area contributed by atoms with E-state index in [0.29, 0.717) is 16.1 Å². The molecule has 7 heteroatoms. The number of hydrogen-bond acceptors (Lipinski definition) is 5. The maximum atomic E-state index is 6.45. The van der Waals surface area contributed by atoms with Gasteiger partial charge < -0.3 is 10.2 Å². The second-order valence-corrected chi connectivity index (χ2v) is 7.81. The molecule has 0 saturated carbocycles. The lowest BCUT2D eigenvalue weighted by atomic mass is 9.85. The predicted octanol–water partition coefficient (Wildman–Crippen LogP) is 3.82. The minimum absolute atomic E-state index is 0.191. The van der Waals surface area contributed by atoms with E-state index < -0.39 is 0 Å². The molecule has 3 rings (SSSR count). The summed E-state index contributed by atoms with van der Waals surface area (Å²) in [7, 11) is 0. The van der Waals surface area contributed by atoms with Gasteiger partial charge in [0.25, 0.3) is 0 Å². The van der Waals surface area contributed by atoms with E-state index in [1.165, 1.54) is 11.7 Å². The Morgan fingerprint density at radius 2 is 1.95 bits per heavy atom. The normalized spacial score (nSPS) is 20.2. The van der Waals surface area contributed by atoms with E-state index in [9.17, 15) is 0 Å². The van der Waals surface area contributed by atoms with Gasteiger partial charge in [-0.1, -0.05) is 44.0 Å². The molecule has 1 aliphatic heterocycles. The largest absolute Gasteiger partial charge is 0.366 e. The molecule has 1 saturated heterocycles. The number of fused-ring (bicyclic) bond motifs is 1. The maximum absolute atomic E-state index is 6.45. The zero-order chi connectivity index (χ0) is 15.2. The first-order valence-electron chi connectivity index (χ1n) is 6.96. The standard InChI is InChI=1S/C14H18Cl2N4S/c1-14(2,3)10-7-20(5-4-17-10)13-9(16)6-8(15)11-12(13)19-21-18-11/h6,10,17H,4-5,7H2,1-3H3. The molecular weight excluding hydrogens is 327 g/mol. The first kappa shape index (κ1) is 15.3. The van der Waals surface area contributed by atoms with Crippen LogP contribution in [0.4, 0.5) is 5.69 Å². The molecule has 0 spiro atoms. The topological polar surface area (TPSA) is 41.1 Å². The molecular formula is C14H18Cl2N4S. The van der Waals surface area contributed by atoms with Crippen molar-refractivity contribution in [3.8, 4) is 0 Å². The zero-order valence-corrected chi connectivity index (χ0v) is 14.6. The van der Waals surface area contributed by atoms with Crippen LogP contribution in [0.3, 0.4) is 0 Å². The molecule has 1 fully saturated rings. The predicted molar refractivity (Wildman–Crippen MR) is 90.9 cm³/mol. The number of nitrogens with zero attached hydrogens (tertiary/aromatic N) is 3. The maximum Gasteiger partial charge on any atom is 0.131 e. The van der Waals surface area contributed by atoms with E-state index >= 15 is 0 Å². The van der Waals surface area contributed by atoms with Gasteiger partial charge >= 0.3 is 0 Å². The summed E-state index contributed by atoms with van der Waals surface area (Å²) in [5.41, 5.74) is 2.70. The minimum atomic E-state index is 0.191. The third kappa shape index (κ3) is 2.84. The Balaban J connectivity index is 2.02. The highest BCUT2D eigenvalue weighted by Crippen LogP contribution is 2.38. The molecule has 1 atom stereocenters. The van der Waals surface area contributed by atoms with Crippen molar-refractivity contribution in [2.45, 2.75) is 26.8 Å². The van der Waals surface area contributed by atoms with Crippen LogP contribution in [0.25, 0.3) is 11.0 Å². The SMILES string of the molecule is CC(C)(C)C1CN(c2c(Cl)cc(Cl)c3nsnc23)CCN1. The van der Waals surface area contributed by atoms with Crippen LogP contribution in [0.5, 0.6) is 0 Å². The minimum Gasteiger partial charge on any atom is -0.366 e. The van der Waals surface area contributed by atoms with Crippen molar-refractivity contribution >= 4 is 51.7 Å². The molecule has 1 unspecified atom stereocenters. The van der Waals surface area contributed by atoms with Crippen LogP contribution in [-0.4, -0.2) is 34.4 Å². The molecule has 0 aliphatic carbocycles. The van der Waals surface area contributed by atoms with E-state index in [-0.39, 0.29) is 5.41 Å². The average Bonchev–Trinajstić information content (AvgIpc) is 2.87. The molecule has 0 amide bonds. The number of benzene rings is 1. The van der Waals surface area contributed by atoms with E-state index in [0.717, 1.165) is 36.4 Å². The quantitative estimate of drug-likeness (QED) is 0.853. The molecule has 2 heterocycles. The highest BCUT2D eigenvalue weighted by Gasteiger charge is 2.31. The molecule has 2 aromatic rings. The Hall–Kier alpha value is -0.620. The smallest absolute Gasteiger partial charge is 0.131 e. The Morgan fingerprint density at radius 3 is 2.67 bits per heavy atom. The van der Waals surface area contributed by atoms with Crippen LogP contribution in [0.15, 0.2) is 6.07 Å². The Bertz CT molecular complexity index is 665. The molecule has 4 nitrogen and oxygen atoms in total. The molecule has 21 heavy (non-hydrogen) atoms. The van der Waals surface area contributed by atoms with Crippen LogP contribution < -0.4 is 10.2 Å². The highest BCUT2D eigenvalue weighted by molar-refractivity contribution is 7.00. The van der Waals surface area contributed by atoms with Gasteiger partial charge in [-0.15, -0.1) is 0 Å². The number of anilines is 1. The van der Waals surface area contributed by atoms with Gasteiger partial charge in [0.05, 0.1) is 27.5 Å². The van der Waals surface area contributed by atoms with Crippen molar-refractivity contribution in [3.63, 3.8) is 0 Å². The molecule has 1 aliphatic rings. The van der Waals surface area contributed by atoms with Crippen LogP contribution in [0, 0.1) is 5.41 Å². The fourth-order valence-electron chi connectivity index (χ4n) is 2.70. The van der Waals surface area contributed by atoms with Crippen LogP contribution in [0.1, 0.15) is 20.8 Å². The fourth-order valence-corrected chi connectivity index (χ4v) is 3.92. The van der Waals surface area contributed by atoms with Gasteiger partial charge in [0.2, 0.25) is 0 Å². The lowest BCUT2D eigenvalue weighted by Gasteiger charge is -2.41. The van der Waals surface area contributed by atoms with E-state index in [4.69, 9.17) is 23.2 Å². The van der Waals surface area contributed by atoms with Gasteiger partial charge in [-0.25, -0.2) is 0 Å². The van der Waals surface area contributed by atoms with Crippen LogP contribution in [-0.2, 0) is 0 Å². The van der Waals surface area contributed by atoms with Crippen LogP contribution >= 0.6 is 34.9 Å². The lowest BCUT2D eigenvalue weighted by Crippen LogP contribution is -2.56.